The van der Waals surface area contributed by atoms with E-state index in [1.807, 2.05) is 11.3 Å². The number of para-hydroxylation sites is 4. The molecule has 0 saturated carbocycles. The Morgan fingerprint density at radius 1 is 0.302 bits per heavy atom. The summed E-state index contributed by atoms with van der Waals surface area (Å²) in [6.45, 7) is 0. The Morgan fingerprint density at radius 3 is 1.59 bits per heavy atom. The van der Waals surface area contributed by atoms with Gasteiger partial charge in [0.25, 0.3) is 0 Å². The molecule has 12 rings (SSSR count). The zero-order chi connectivity index (χ0) is 41.7. The van der Waals surface area contributed by atoms with Crippen LogP contribution < -0.4 is 4.90 Å². The number of thiophene rings is 1. The number of hydrogen-bond acceptors (Lipinski definition) is 2. The van der Waals surface area contributed by atoms with Gasteiger partial charge in [-0.2, -0.15) is 0 Å². The number of benzene rings is 10. The van der Waals surface area contributed by atoms with Crippen LogP contribution >= 0.6 is 11.3 Å². The van der Waals surface area contributed by atoms with E-state index in [-0.39, 0.29) is 0 Å². The average molecular weight is 821 g/mol. The molecule has 0 atom stereocenters. The zero-order valence-corrected chi connectivity index (χ0v) is 35.2. The quantitative estimate of drug-likeness (QED) is 0.148. The van der Waals surface area contributed by atoms with E-state index in [1.54, 1.807) is 0 Å². The van der Waals surface area contributed by atoms with Gasteiger partial charge in [-0.25, -0.2) is 0 Å². The lowest BCUT2D eigenvalue weighted by Crippen LogP contribution is -2.13. The van der Waals surface area contributed by atoms with Crippen LogP contribution in [0.1, 0.15) is 0 Å². The molecule has 0 aliphatic heterocycles. The summed E-state index contributed by atoms with van der Waals surface area (Å²) in [4.78, 5) is 2.52. The molecule has 3 heteroatoms. The third kappa shape index (κ3) is 6.24. The minimum Gasteiger partial charge on any atom is -0.309 e. The minimum atomic E-state index is 1.11. The topological polar surface area (TPSA) is 8.17 Å². The first-order valence-electron chi connectivity index (χ1n) is 21.5. The minimum absolute atomic E-state index is 1.11. The number of aromatic nitrogens is 1. The standard InChI is InChI=1S/C60H40N2S/c1-3-19-41(20-4-1)42-37-39-44(40-38-42)46-24-8-13-31-53(46)62-55-33-15-10-27-51(55)59-56(34-18-35-57(59)62)61(52-30-12-7-23-45(52)43-21-5-2-6-22-43)54-32-14-9-25-47(54)49-28-17-29-50-48-26-11-16-36-58(48)63-60(49)50/h1-40H. The third-order valence-electron chi connectivity index (χ3n) is 12.4. The van der Waals surface area contributed by atoms with Gasteiger partial charge in [0.1, 0.15) is 0 Å². The van der Waals surface area contributed by atoms with Crippen molar-refractivity contribution in [3.63, 3.8) is 0 Å². The first kappa shape index (κ1) is 36.8. The zero-order valence-electron chi connectivity index (χ0n) is 34.4. The van der Waals surface area contributed by atoms with Crippen LogP contribution in [0.5, 0.6) is 0 Å². The van der Waals surface area contributed by atoms with Crippen LogP contribution in [-0.4, -0.2) is 4.57 Å². The predicted octanol–water partition coefficient (Wildman–Crippen LogP) is 17.3. The third-order valence-corrected chi connectivity index (χ3v) is 13.7. The molecule has 0 aliphatic carbocycles. The van der Waals surface area contributed by atoms with Gasteiger partial charge >= 0.3 is 0 Å². The monoisotopic (exact) mass is 820 g/mol. The van der Waals surface area contributed by atoms with E-state index in [1.165, 1.54) is 69.9 Å². The maximum Gasteiger partial charge on any atom is 0.0562 e. The molecule has 0 saturated heterocycles. The van der Waals surface area contributed by atoms with Crippen molar-refractivity contribution in [2.75, 3.05) is 4.90 Å². The molecule has 0 fully saturated rings. The summed E-state index contributed by atoms with van der Waals surface area (Å²) in [6.07, 6.45) is 0. The molecule has 0 spiro atoms. The van der Waals surface area contributed by atoms with Crippen molar-refractivity contribution in [3.8, 4) is 50.2 Å². The molecule has 0 aliphatic rings. The molecule has 0 radical (unpaired) electrons. The van der Waals surface area contributed by atoms with E-state index in [0.717, 1.165) is 39.3 Å². The van der Waals surface area contributed by atoms with Crippen LogP contribution in [0.4, 0.5) is 17.1 Å². The van der Waals surface area contributed by atoms with Crippen molar-refractivity contribution >= 4 is 70.4 Å². The number of nitrogens with zero attached hydrogens (tertiary/aromatic N) is 2. The van der Waals surface area contributed by atoms with Gasteiger partial charge in [0.15, 0.2) is 0 Å². The van der Waals surface area contributed by atoms with Crippen LogP contribution in [0.2, 0.25) is 0 Å². The van der Waals surface area contributed by atoms with E-state index < -0.39 is 0 Å². The fraction of sp³-hybridized carbons (Fsp3) is 0. The summed E-state index contributed by atoms with van der Waals surface area (Å²) in [5.41, 5.74) is 16.3. The maximum absolute atomic E-state index is 2.52. The number of fused-ring (bicyclic) bond motifs is 6. The fourth-order valence-electron chi connectivity index (χ4n) is 9.61. The first-order chi connectivity index (χ1) is 31.3. The van der Waals surface area contributed by atoms with Gasteiger partial charge in [-0.1, -0.05) is 200 Å². The molecule has 12 aromatic rings. The van der Waals surface area contributed by atoms with Crippen molar-refractivity contribution in [2.24, 2.45) is 0 Å². The highest BCUT2D eigenvalue weighted by molar-refractivity contribution is 7.26. The molecule has 63 heavy (non-hydrogen) atoms. The molecule has 2 nitrogen and oxygen atoms in total. The van der Waals surface area contributed by atoms with Crippen LogP contribution in [0.3, 0.4) is 0 Å². The second-order valence-electron chi connectivity index (χ2n) is 16.0. The van der Waals surface area contributed by atoms with Crippen LogP contribution in [0.15, 0.2) is 243 Å². The number of anilines is 3. The molecule has 2 aromatic heterocycles. The SMILES string of the molecule is c1ccc(-c2ccc(-c3ccccc3-n3c4ccccc4c4c(N(c5ccccc5-c5ccccc5)c5ccccc5-c5cccc6c5sc5ccccc56)cccc43)cc2)cc1. The number of hydrogen-bond donors (Lipinski definition) is 0. The van der Waals surface area contributed by atoms with E-state index in [9.17, 15) is 0 Å². The summed E-state index contributed by atoms with van der Waals surface area (Å²) < 4.78 is 5.07. The van der Waals surface area contributed by atoms with Gasteiger partial charge < -0.3 is 9.47 Å². The summed E-state index contributed by atoms with van der Waals surface area (Å²) >= 11 is 1.88. The Balaban J connectivity index is 1.12. The highest BCUT2D eigenvalue weighted by Gasteiger charge is 2.26. The maximum atomic E-state index is 2.52. The van der Waals surface area contributed by atoms with Crippen molar-refractivity contribution in [1.29, 1.82) is 0 Å². The van der Waals surface area contributed by atoms with Crippen molar-refractivity contribution in [1.82, 2.24) is 4.57 Å². The normalized spacial score (nSPS) is 11.5. The fourth-order valence-corrected chi connectivity index (χ4v) is 10.8. The largest absolute Gasteiger partial charge is 0.309 e. The smallest absolute Gasteiger partial charge is 0.0562 e. The molecule has 0 N–H and O–H groups in total. The van der Waals surface area contributed by atoms with Gasteiger partial charge in [-0.15, -0.1) is 11.3 Å². The summed E-state index contributed by atoms with van der Waals surface area (Å²) in [5, 5.41) is 4.98. The van der Waals surface area contributed by atoms with E-state index in [0.29, 0.717) is 0 Å². The van der Waals surface area contributed by atoms with Gasteiger partial charge in [0, 0.05) is 53.2 Å². The number of rotatable bonds is 8. The molecule has 2 heterocycles. The molecule has 0 amide bonds. The average Bonchev–Trinajstić information content (AvgIpc) is 3.92. The lowest BCUT2D eigenvalue weighted by Gasteiger charge is -2.30. The molecular formula is C60H40N2S. The lowest BCUT2D eigenvalue weighted by molar-refractivity contribution is 1.18. The van der Waals surface area contributed by atoms with Gasteiger partial charge in [0.05, 0.1) is 33.8 Å². The Labute approximate surface area is 370 Å². The molecule has 0 bridgehead atoms. The lowest BCUT2D eigenvalue weighted by atomic mass is 9.97. The molecular weight excluding hydrogens is 781 g/mol. The van der Waals surface area contributed by atoms with E-state index in [4.69, 9.17) is 0 Å². The van der Waals surface area contributed by atoms with Crippen molar-refractivity contribution < 1.29 is 0 Å². The Morgan fingerprint density at radius 2 is 0.794 bits per heavy atom. The van der Waals surface area contributed by atoms with Crippen LogP contribution in [0.25, 0.3) is 92.2 Å². The van der Waals surface area contributed by atoms with Crippen LogP contribution in [0, 0.1) is 0 Å². The first-order valence-corrected chi connectivity index (χ1v) is 22.3. The summed E-state index contributed by atoms with van der Waals surface area (Å²) in [7, 11) is 0. The second kappa shape index (κ2) is 15.5. The highest BCUT2D eigenvalue weighted by atomic mass is 32.1. The Kier molecular flexibility index (Phi) is 9.06. The van der Waals surface area contributed by atoms with Crippen molar-refractivity contribution in [3.05, 3.63) is 243 Å². The van der Waals surface area contributed by atoms with E-state index in [2.05, 4.69) is 252 Å². The Hall–Kier alpha value is -7.98. The van der Waals surface area contributed by atoms with Crippen molar-refractivity contribution in [2.45, 2.75) is 0 Å². The van der Waals surface area contributed by atoms with Gasteiger partial charge in [-0.05, 0) is 64.7 Å². The molecule has 0 unspecified atom stereocenters. The second-order valence-corrected chi connectivity index (χ2v) is 17.1. The molecule has 296 valence electrons. The summed E-state index contributed by atoms with van der Waals surface area (Å²) in [6, 6.07) is 88.4. The van der Waals surface area contributed by atoms with Gasteiger partial charge in [-0.3, -0.25) is 0 Å². The van der Waals surface area contributed by atoms with Gasteiger partial charge in [0.2, 0.25) is 0 Å². The predicted molar refractivity (Wildman–Crippen MR) is 270 cm³/mol. The van der Waals surface area contributed by atoms with Crippen LogP contribution in [-0.2, 0) is 0 Å². The molecule has 10 aromatic carbocycles. The van der Waals surface area contributed by atoms with E-state index >= 15 is 0 Å². The Bertz CT molecular complexity index is 3620. The highest BCUT2D eigenvalue weighted by Crippen LogP contribution is 2.51. The summed E-state index contributed by atoms with van der Waals surface area (Å²) in [5.74, 6) is 0.